The maximum absolute atomic E-state index is 11.7. The van der Waals surface area contributed by atoms with Crippen LogP contribution in [0.15, 0.2) is 29.8 Å². The molecule has 1 aromatic rings. The Balaban J connectivity index is 2.37. The van der Waals surface area contributed by atoms with Crippen LogP contribution in [0, 0.1) is 0 Å². The number of rotatable bonds is 15. The van der Waals surface area contributed by atoms with Crippen molar-refractivity contribution < 1.29 is 33.6 Å². The van der Waals surface area contributed by atoms with Gasteiger partial charge in [-0.25, -0.2) is 9.59 Å². The van der Waals surface area contributed by atoms with E-state index in [0.717, 1.165) is 12.8 Å². The summed E-state index contributed by atoms with van der Waals surface area (Å²) in [7, 11) is 2.39. The first-order valence-electron chi connectivity index (χ1n) is 10.4. The topological polar surface area (TPSA) is 91.3 Å². The van der Waals surface area contributed by atoms with E-state index >= 15 is 0 Å². The van der Waals surface area contributed by atoms with Crippen molar-refractivity contribution in [2.24, 2.45) is 0 Å². The minimum atomic E-state index is -0.772. The predicted molar refractivity (Wildman–Crippen MR) is 114 cm³/mol. The first kappa shape index (κ1) is 25.7. The summed E-state index contributed by atoms with van der Waals surface area (Å²) >= 11 is 0. The fraction of sp³-hybridized carbons (Fsp3) is 0.565. The third-order valence-electron chi connectivity index (χ3n) is 4.40. The normalized spacial score (nSPS) is 11.5. The lowest BCUT2D eigenvalue weighted by Gasteiger charge is -2.13. The summed E-state index contributed by atoms with van der Waals surface area (Å²) in [6, 6.07) is 6.73. The number of carbonyl (C=O) groups excluding carboxylic acids is 2. The van der Waals surface area contributed by atoms with Gasteiger partial charge in [0.25, 0.3) is 0 Å². The summed E-state index contributed by atoms with van der Waals surface area (Å²) in [6.07, 6.45) is 7.85. The minimum Gasteiger partial charge on any atom is -0.491 e. The Hall–Kier alpha value is -2.38. The number of ether oxygens (including phenoxy) is 4. The van der Waals surface area contributed by atoms with Crippen LogP contribution in [0.2, 0.25) is 0 Å². The summed E-state index contributed by atoms with van der Waals surface area (Å²) in [5.74, 6) is -0.989. The number of esters is 2. The molecular weight excluding hydrogens is 388 g/mol. The van der Waals surface area contributed by atoms with Gasteiger partial charge in [0.1, 0.15) is 24.0 Å². The molecule has 30 heavy (non-hydrogen) atoms. The monoisotopic (exact) mass is 422 g/mol. The molecule has 1 N–H and O–H groups in total. The van der Waals surface area contributed by atoms with E-state index in [1.54, 1.807) is 24.3 Å². The molecule has 0 fully saturated rings. The molecule has 1 rings (SSSR count). The van der Waals surface area contributed by atoms with Gasteiger partial charge in [0.15, 0.2) is 0 Å². The molecule has 0 aliphatic rings. The second-order valence-electron chi connectivity index (χ2n) is 6.92. The van der Waals surface area contributed by atoms with Crippen molar-refractivity contribution in [1.82, 2.24) is 0 Å². The molecule has 0 aromatic heterocycles. The van der Waals surface area contributed by atoms with Crippen molar-refractivity contribution in [3.05, 3.63) is 35.4 Å². The van der Waals surface area contributed by atoms with Crippen molar-refractivity contribution in [2.75, 3.05) is 34.0 Å². The van der Waals surface area contributed by atoms with E-state index in [0.29, 0.717) is 17.9 Å². The lowest BCUT2D eigenvalue weighted by Crippen LogP contribution is -2.23. The summed E-state index contributed by atoms with van der Waals surface area (Å²) in [5, 5.41) is 9.97. The molecule has 0 radical (unpaired) electrons. The predicted octanol–water partition coefficient (Wildman–Crippen LogP) is 3.53. The number of hydrogen-bond acceptors (Lipinski definition) is 7. The molecule has 0 aliphatic carbocycles. The van der Waals surface area contributed by atoms with Crippen LogP contribution < -0.4 is 4.74 Å². The fourth-order valence-corrected chi connectivity index (χ4v) is 2.69. The second-order valence-corrected chi connectivity index (χ2v) is 6.92. The first-order chi connectivity index (χ1) is 14.5. The Morgan fingerprint density at radius 1 is 0.933 bits per heavy atom. The van der Waals surface area contributed by atoms with Gasteiger partial charge in [-0.1, -0.05) is 51.2 Å². The van der Waals surface area contributed by atoms with Crippen molar-refractivity contribution >= 4 is 18.0 Å². The van der Waals surface area contributed by atoms with Crippen molar-refractivity contribution in [3.63, 3.8) is 0 Å². The van der Waals surface area contributed by atoms with Crippen LogP contribution in [-0.2, 0) is 23.8 Å². The molecule has 0 aliphatic heterocycles. The van der Waals surface area contributed by atoms with Gasteiger partial charge in [-0.3, -0.25) is 0 Å². The number of carbonyl (C=O) groups is 2. The minimum absolute atomic E-state index is 0.112. The van der Waals surface area contributed by atoms with Crippen molar-refractivity contribution in [1.29, 1.82) is 0 Å². The molecule has 0 heterocycles. The van der Waals surface area contributed by atoms with Gasteiger partial charge in [0, 0.05) is 6.61 Å². The molecule has 0 saturated heterocycles. The van der Waals surface area contributed by atoms with Crippen LogP contribution in [0.3, 0.4) is 0 Å². The van der Waals surface area contributed by atoms with E-state index in [2.05, 4.69) is 16.4 Å². The highest BCUT2D eigenvalue weighted by Gasteiger charge is 2.19. The van der Waals surface area contributed by atoms with E-state index in [-0.39, 0.29) is 18.8 Å². The average Bonchev–Trinajstić information content (AvgIpc) is 2.77. The third-order valence-corrected chi connectivity index (χ3v) is 4.40. The molecule has 1 atom stereocenters. The Kier molecular flexibility index (Phi) is 13.2. The summed E-state index contributed by atoms with van der Waals surface area (Å²) in [4.78, 5) is 23.4. The lowest BCUT2D eigenvalue weighted by molar-refractivity contribution is -0.143. The van der Waals surface area contributed by atoms with Gasteiger partial charge in [-0.15, -0.1) is 0 Å². The SMILES string of the molecule is CCCCCCCCOCC(O)COc1ccc(C=C(C(=O)OC)C(=O)OC)cc1. The lowest BCUT2D eigenvalue weighted by atomic mass is 10.1. The molecule has 0 amide bonds. The van der Waals surface area contributed by atoms with Crippen molar-refractivity contribution in [2.45, 2.75) is 51.6 Å². The molecule has 7 nitrogen and oxygen atoms in total. The van der Waals surface area contributed by atoms with Crippen LogP contribution in [0.5, 0.6) is 5.75 Å². The van der Waals surface area contributed by atoms with Crippen LogP contribution in [0.1, 0.15) is 51.0 Å². The van der Waals surface area contributed by atoms with Crippen LogP contribution >= 0.6 is 0 Å². The van der Waals surface area contributed by atoms with Gasteiger partial charge in [0.2, 0.25) is 0 Å². The van der Waals surface area contributed by atoms with Crippen LogP contribution in [-0.4, -0.2) is 57.2 Å². The van der Waals surface area contributed by atoms with Gasteiger partial charge in [-0.2, -0.15) is 0 Å². The van der Waals surface area contributed by atoms with Gasteiger partial charge in [-0.05, 0) is 30.2 Å². The number of benzene rings is 1. The zero-order chi connectivity index (χ0) is 22.2. The number of hydrogen-bond donors (Lipinski definition) is 1. The van der Waals surface area contributed by atoms with E-state index in [9.17, 15) is 14.7 Å². The maximum atomic E-state index is 11.7. The summed E-state index contributed by atoms with van der Waals surface area (Å²) in [6.45, 7) is 3.19. The standard InChI is InChI=1S/C23H34O7/c1-4-5-6-7-8-9-14-29-16-19(24)17-30-20-12-10-18(11-13-20)15-21(22(25)27-2)23(26)28-3/h10-13,15,19,24H,4-9,14,16-17H2,1-3H3. The Bertz CT molecular complexity index is 634. The van der Waals surface area contributed by atoms with E-state index in [1.807, 2.05) is 0 Å². The number of unbranched alkanes of at least 4 members (excludes halogenated alkanes) is 5. The Morgan fingerprint density at radius 2 is 1.53 bits per heavy atom. The summed E-state index contributed by atoms with van der Waals surface area (Å²) in [5.41, 5.74) is 0.405. The summed E-state index contributed by atoms with van der Waals surface area (Å²) < 4.78 is 20.2. The van der Waals surface area contributed by atoms with E-state index in [1.165, 1.54) is 46.0 Å². The van der Waals surface area contributed by atoms with Crippen molar-refractivity contribution in [3.8, 4) is 5.75 Å². The highest BCUT2D eigenvalue weighted by Crippen LogP contribution is 2.16. The third kappa shape index (κ3) is 10.4. The largest absolute Gasteiger partial charge is 0.491 e. The van der Waals surface area contributed by atoms with E-state index < -0.39 is 18.0 Å². The Morgan fingerprint density at radius 3 is 2.13 bits per heavy atom. The number of methoxy groups -OCH3 is 2. The van der Waals surface area contributed by atoms with Crippen LogP contribution in [0.4, 0.5) is 0 Å². The molecule has 168 valence electrons. The molecular formula is C23H34O7. The number of aliphatic hydroxyl groups is 1. The highest BCUT2D eigenvalue weighted by atomic mass is 16.5. The highest BCUT2D eigenvalue weighted by molar-refractivity contribution is 6.17. The van der Waals surface area contributed by atoms with Crippen LogP contribution in [0.25, 0.3) is 6.08 Å². The quantitative estimate of drug-likeness (QED) is 0.152. The Labute approximate surface area is 179 Å². The van der Waals surface area contributed by atoms with Gasteiger partial charge >= 0.3 is 11.9 Å². The molecule has 0 spiro atoms. The van der Waals surface area contributed by atoms with Gasteiger partial charge in [0.05, 0.1) is 20.8 Å². The zero-order valence-electron chi connectivity index (χ0n) is 18.2. The molecule has 1 unspecified atom stereocenters. The smallest absolute Gasteiger partial charge is 0.345 e. The first-order valence-corrected chi connectivity index (χ1v) is 10.4. The molecule has 7 heteroatoms. The molecule has 1 aromatic carbocycles. The zero-order valence-corrected chi connectivity index (χ0v) is 18.2. The number of aliphatic hydroxyl groups excluding tert-OH is 1. The fourth-order valence-electron chi connectivity index (χ4n) is 2.69. The maximum Gasteiger partial charge on any atom is 0.345 e. The second kappa shape index (κ2) is 15.5. The molecule has 0 saturated carbocycles. The van der Waals surface area contributed by atoms with Gasteiger partial charge < -0.3 is 24.1 Å². The van der Waals surface area contributed by atoms with E-state index in [4.69, 9.17) is 9.47 Å². The average molecular weight is 423 g/mol. The molecule has 0 bridgehead atoms.